The summed E-state index contributed by atoms with van der Waals surface area (Å²) >= 11 is 0. The zero-order valence-electron chi connectivity index (χ0n) is 8.29. The highest BCUT2D eigenvalue weighted by Crippen LogP contribution is 2.24. The van der Waals surface area contributed by atoms with Crippen molar-refractivity contribution in [2.75, 3.05) is 34.3 Å². The molecule has 0 amide bonds. The number of aliphatic hydroxyl groups is 2. The second kappa shape index (κ2) is 4.49. The smallest absolute Gasteiger partial charge is 0.234 e. The van der Waals surface area contributed by atoms with Crippen molar-refractivity contribution in [2.45, 2.75) is 12.5 Å². The summed E-state index contributed by atoms with van der Waals surface area (Å²) in [5, 5.41) is 30.8. The predicted octanol–water partition coefficient (Wildman–Crippen LogP) is -1.58. The number of methoxy groups -OCH3 is 2. The Bertz CT molecular complexity index is 193. The van der Waals surface area contributed by atoms with E-state index < -0.39 is 17.1 Å². The summed E-state index contributed by atoms with van der Waals surface area (Å²) in [6, 6.07) is 0. The number of hydroxylamine groups is 3. The number of quaternary nitrogens is 1. The summed E-state index contributed by atoms with van der Waals surface area (Å²) in [6.07, 6.45) is -2.62. The average molecular weight is 208 g/mol. The highest BCUT2D eigenvalue weighted by atomic mass is 16.6. The van der Waals surface area contributed by atoms with E-state index in [-0.39, 0.29) is 20.1 Å². The third-order valence-electron chi connectivity index (χ3n) is 2.19. The molecule has 1 saturated heterocycles. The third kappa shape index (κ3) is 2.04. The Labute approximate surface area is 82.2 Å². The molecule has 7 nitrogen and oxygen atoms in total. The fourth-order valence-corrected chi connectivity index (χ4v) is 1.53. The highest BCUT2D eigenvalue weighted by Gasteiger charge is 2.46. The van der Waals surface area contributed by atoms with E-state index >= 15 is 0 Å². The van der Waals surface area contributed by atoms with Gasteiger partial charge in [-0.3, -0.25) is 4.65 Å². The van der Waals surface area contributed by atoms with Crippen LogP contribution < -0.4 is 0 Å². The van der Waals surface area contributed by atoms with Gasteiger partial charge in [-0.25, -0.2) is 0 Å². The van der Waals surface area contributed by atoms with Gasteiger partial charge < -0.3 is 24.9 Å². The Kier molecular flexibility index (Phi) is 3.78. The van der Waals surface area contributed by atoms with Crippen molar-refractivity contribution in [1.82, 2.24) is 4.90 Å². The lowest BCUT2D eigenvalue weighted by atomic mass is 10.5. The van der Waals surface area contributed by atoms with E-state index in [2.05, 4.69) is 0 Å². The van der Waals surface area contributed by atoms with Gasteiger partial charge in [0.1, 0.15) is 13.4 Å². The molecule has 1 fully saturated rings. The predicted molar refractivity (Wildman–Crippen MR) is 46.1 cm³/mol. The zero-order chi connectivity index (χ0) is 10.8. The van der Waals surface area contributed by atoms with Crippen molar-refractivity contribution in [1.29, 1.82) is 0 Å². The van der Waals surface area contributed by atoms with E-state index in [0.717, 1.165) is 0 Å². The number of hydrogen-bond donors (Lipinski definition) is 2. The molecular weight excluding hydrogens is 192 g/mol. The summed E-state index contributed by atoms with van der Waals surface area (Å²) in [6.45, 7) is -0.146. The first-order chi connectivity index (χ1) is 6.55. The maximum absolute atomic E-state index is 11.8. The van der Waals surface area contributed by atoms with Crippen molar-refractivity contribution >= 4 is 0 Å². The molecule has 84 valence electrons. The van der Waals surface area contributed by atoms with E-state index in [0.29, 0.717) is 0 Å². The molecule has 0 radical (unpaired) electrons. The molecule has 0 spiro atoms. The Balaban J connectivity index is 2.65. The van der Waals surface area contributed by atoms with Gasteiger partial charge >= 0.3 is 0 Å². The molecule has 1 aliphatic heterocycles. The molecule has 3 atom stereocenters. The number of hydrogen-bond acceptors (Lipinski definition) is 6. The molecule has 0 aromatic heterocycles. The highest BCUT2D eigenvalue weighted by molar-refractivity contribution is 4.67. The third-order valence-corrected chi connectivity index (χ3v) is 2.19. The van der Waals surface area contributed by atoms with Crippen LogP contribution in [-0.2, 0) is 9.47 Å². The van der Waals surface area contributed by atoms with Crippen LogP contribution in [0, 0.1) is 5.21 Å². The molecule has 1 rings (SSSR count). The van der Waals surface area contributed by atoms with E-state index in [1.165, 1.54) is 19.1 Å². The lowest BCUT2D eigenvalue weighted by Gasteiger charge is -2.39. The first kappa shape index (κ1) is 11.8. The molecule has 0 saturated carbocycles. The van der Waals surface area contributed by atoms with Crippen molar-refractivity contribution in [2.24, 2.45) is 0 Å². The monoisotopic (exact) mass is 208 g/mol. The minimum Gasteiger partial charge on any atom is -0.628 e. The second-order valence-corrected chi connectivity index (χ2v) is 3.35. The lowest BCUT2D eigenvalue weighted by Crippen LogP contribution is -2.50. The first-order valence-electron chi connectivity index (χ1n) is 4.21. The number of ether oxygens (including phenoxy) is 2. The van der Waals surface area contributed by atoms with Gasteiger partial charge in [0.2, 0.25) is 6.23 Å². The SMILES string of the molecule is COCN1C[N+]([O-])(COC)C(O)C1O. The van der Waals surface area contributed by atoms with E-state index in [4.69, 9.17) is 9.47 Å². The molecule has 2 N–H and O–H groups in total. The van der Waals surface area contributed by atoms with Gasteiger partial charge in [-0.1, -0.05) is 0 Å². The molecule has 0 aromatic carbocycles. The second-order valence-electron chi connectivity index (χ2n) is 3.35. The van der Waals surface area contributed by atoms with Gasteiger partial charge in [0, 0.05) is 14.2 Å². The standard InChI is InChI=1S/C7H16N2O5/c1-13-4-8-3-9(12,5-14-2)7(11)6(8)10/h6-7,10-11H,3-5H2,1-2H3. The van der Waals surface area contributed by atoms with E-state index in [1.54, 1.807) is 0 Å². The molecule has 0 bridgehead atoms. The minimum absolute atomic E-state index is 0.0516. The van der Waals surface area contributed by atoms with Crippen LogP contribution in [0.3, 0.4) is 0 Å². The fraction of sp³-hybridized carbons (Fsp3) is 1.00. The molecule has 1 aliphatic rings. The van der Waals surface area contributed by atoms with Gasteiger partial charge in [0.25, 0.3) is 0 Å². The van der Waals surface area contributed by atoms with Crippen molar-refractivity contribution < 1.29 is 24.3 Å². The van der Waals surface area contributed by atoms with Crippen LogP contribution in [0.2, 0.25) is 0 Å². The summed E-state index contributed by atoms with van der Waals surface area (Å²) in [4.78, 5) is 1.34. The summed E-state index contributed by atoms with van der Waals surface area (Å²) in [5.41, 5.74) is 0. The average Bonchev–Trinajstić information content (AvgIpc) is 2.33. The van der Waals surface area contributed by atoms with Gasteiger partial charge in [0.05, 0.1) is 0 Å². The van der Waals surface area contributed by atoms with Gasteiger partial charge in [0.15, 0.2) is 13.0 Å². The first-order valence-corrected chi connectivity index (χ1v) is 4.21. The molecule has 0 aliphatic carbocycles. The zero-order valence-corrected chi connectivity index (χ0v) is 8.29. The summed E-state index contributed by atoms with van der Waals surface area (Å²) in [5.74, 6) is 0. The quantitative estimate of drug-likeness (QED) is 0.428. The molecule has 7 heteroatoms. The fourth-order valence-electron chi connectivity index (χ4n) is 1.53. The maximum Gasteiger partial charge on any atom is 0.234 e. The molecule has 1 heterocycles. The number of aliphatic hydroxyl groups excluding tert-OH is 2. The van der Waals surface area contributed by atoms with E-state index in [9.17, 15) is 15.4 Å². The molecule has 0 aromatic rings. The largest absolute Gasteiger partial charge is 0.628 e. The Morgan fingerprint density at radius 3 is 2.57 bits per heavy atom. The van der Waals surface area contributed by atoms with Crippen LogP contribution in [0.5, 0.6) is 0 Å². The summed E-state index contributed by atoms with van der Waals surface area (Å²) in [7, 11) is 2.82. The van der Waals surface area contributed by atoms with Crippen molar-refractivity contribution in [3.63, 3.8) is 0 Å². The van der Waals surface area contributed by atoms with Crippen molar-refractivity contribution in [3.05, 3.63) is 5.21 Å². The van der Waals surface area contributed by atoms with Crippen molar-refractivity contribution in [3.8, 4) is 0 Å². The van der Waals surface area contributed by atoms with Gasteiger partial charge in [-0.05, 0) is 0 Å². The Hall–Kier alpha value is -0.280. The molecule has 14 heavy (non-hydrogen) atoms. The van der Waals surface area contributed by atoms with Crippen LogP contribution in [0.25, 0.3) is 0 Å². The van der Waals surface area contributed by atoms with Crippen LogP contribution in [-0.4, -0.2) is 66.6 Å². The van der Waals surface area contributed by atoms with Crippen LogP contribution in [0.1, 0.15) is 0 Å². The van der Waals surface area contributed by atoms with Crippen LogP contribution >= 0.6 is 0 Å². The van der Waals surface area contributed by atoms with E-state index in [1.807, 2.05) is 0 Å². The molecular formula is C7H16N2O5. The topological polar surface area (TPSA) is 85.2 Å². The molecule has 3 unspecified atom stereocenters. The van der Waals surface area contributed by atoms with Crippen LogP contribution in [0.4, 0.5) is 0 Å². The van der Waals surface area contributed by atoms with Crippen LogP contribution in [0.15, 0.2) is 0 Å². The Morgan fingerprint density at radius 1 is 1.43 bits per heavy atom. The Morgan fingerprint density at radius 2 is 2.07 bits per heavy atom. The summed E-state index contributed by atoms with van der Waals surface area (Å²) < 4.78 is 8.48. The minimum atomic E-state index is -1.41. The maximum atomic E-state index is 11.8. The van der Waals surface area contributed by atoms with Gasteiger partial charge in [-0.15, -0.1) is 0 Å². The van der Waals surface area contributed by atoms with Gasteiger partial charge in [-0.2, -0.15) is 4.90 Å². The normalized spacial score (nSPS) is 39.2. The number of nitrogens with zero attached hydrogens (tertiary/aromatic N) is 2. The number of rotatable bonds is 4. The lowest BCUT2D eigenvalue weighted by molar-refractivity contribution is -0.936.